The number of amides is 1. The molecular formula is C24H32N2O5S. The van der Waals surface area contributed by atoms with Gasteiger partial charge in [-0.15, -0.1) is 0 Å². The van der Waals surface area contributed by atoms with Gasteiger partial charge in [-0.2, -0.15) is 4.31 Å². The van der Waals surface area contributed by atoms with Crippen molar-refractivity contribution in [2.45, 2.75) is 56.6 Å². The number of aliphatic hydroxyl groups is 1. The Balaban J connectivity index is 1.70. The van der Waals surface area contributed by atoms with E-state index in [0.29, 0.717) is 18.0 Å². The van der Waals surface area contributed by atoms with Crippen molar-refractivity contribution in [3.05, 3.63) is 23.8 Å². The first kappa shape index (κ1) is 23.1. The van der Waals surface area contributed by atoms with Gasteiger partial charge in [0.05, 0.1) is 13.2 Å². The SMILES string of the molecule is C[C@@H]1CN([C@H](C)CO)S(=O)(=O)c2ccc(C#CC3CC3)cc2O[C@@H]1CN(C)C(=O)C1CC1. The number of hydrogen-bond acceptors (Lipinski definition) is 5. The Hall–Kier alpha value is -2.08. The van der Waals surface area contributed by atoms with E-state index in [4.69, 9.17) is 4.74 Å². The Morgan fingerprint density at radius 3 is 2.66 bits per heavy atom. The van der Waals surface area contributed by atoms with E-state index in [1.165, 1.54) is 4.31 Å². The normalized spacial score (nSPS) is 25.9. The highest BCUT2D eigenvalue weighted by atomic mass is 32.2. The third-order valence-corrected chi connectivity index (χ3v) is 8.44. The lowest BCUT2D eigenvalue weighted by atomic mass is 10.0. The quantitative estimate of drug-likeness (QED) is 0.680. The lowest BCUT2D eigenvalue weighted by Gasteiger charge is -2.37. The van der Waals surface area contributed by atoms with Gasteiger partial charge in [-0.25, -0.2) is 8.42 Å². The first-order chi connectivity index (χ1) is 15.2. The summed E-state index contributed by atoms with van der Waals surface area (Å²) in [6.07, 6.45) is 3.68. The average molecular weight is 461 g/mol. The standard InChI is InChI=1S/C24H32N2O5S/c1-16-13-26(17(2)15-27)32(29,30)23-11-8-19(7-6-18-4-5-18)12-21(23)31-22(16)14-25(3)24(28)20-9-10-20/h8,11-12,16-18,20,22,27H,4-5,9-10,13-15H2,1-3H3/t16-,17-,22-/m1/s1. The summed E-state index contributed by atoms with van der Waals surface area (Å²) in [7, 11) is -2.10. The Bertz CT molecular complexity index is 1040. The zero-order chi connectivity index (χ0) is 23.0. The van der Waals surface area contributed by atoms with Gasteiger partial charge >= 0.3 is 0 Å². The smallest absolute Gasteiger partial charge is 0.247 e. The molecule has 32 heavy (non-hydrogen) atoms. The highest BCUT2D eigenvalue weighted by Gasteiger charge is 2.39. The zero-order valence-corrected chi connectivity index (χ0v) is 19.8. The number of sulfonamides is 1. The minimum absolute atomic E-state index is 0.0721. The molecule has 174 valence electrons. The summed E-state index contributed by atoms with van der Waals surface area (Å²) in [5.74, 6) is 7.04. The summed E-state index contributed by atoms with van der Waals surface area (Å²) < 4.78 is 34.6. The van der Waals surface area contributed by atoms with Crippen LogP contribution in [0.3, 0.4) is 0 Å². The van der Waals surface area contributed by atoms with Crippen LogP contribution in [-0.4, -0.2) is 67.5 Å². The van der Waals surface area contributed by atoms with Crippen molar-refractivity contribution in [2.24, 2.45) is 17.8 Å². The molecule has 4 rings (SSSR count). The molecule has 0 bridgehead atoms. The van der Waals surface area contributed by atoms with E-state index in [9.17, 15) is 18.3 Å². The molecule has 0 radical (unpaired) electrons. The molecule has 1 N–H and O–H groups in total. The van der Waals surface area contributed by atoms with Crippen molar-refractivity contribution in [1.82, 2.24) is 9.21 Å². The molecule has 2 aliphatic carbocycles. The van der Waals surface area contributed by atoms with Crippen molar-refractivity contribution in [2.75, 3.05) is 26.7 Å². The van der Waals surface area contributed by atoms with E-state index in [1.54, 1.807) is 37.1 Å². The number of fused-ring (bicyclic) bond motifs is 1. The summed E-state index contributed by atoms with van der Waals surface area (Å²) in [5, 5.41) is 9.73. The van der Waals surface area contributed by atoms with Crippen LogP contribution in [0.1, 0.15) is 45.1 Å². The molecular weight excluding hydrogens is 428 g/mol. The molecule has 0 aromatic heterocycles. The molecule has 0 spiro atoms. The maximum Gasteiger partial charge on any atom is 0.247 e. The number of benzene rings is 1. The maximum atomic E-state index is 13.5. The second-order valence-corrected chi connectivity index (χ2v) is 11.3. The van der Waals surface area contributed by atoms with Gasteiger partial charge in [0.2, 0.25) is 15.9 Å². The number of nitrogens with zero attached hydrogens (tertiary/aromatic N) is 2. The van der Waals surface area contributed by atoms with Gasteiger partial charge in [0.1, 0.15) is 16.7 Å². The number of likely N-dealkylation sites (N-methyl/N-ethyl adjacent to an activating group) is 1. The molecule has 8 heteroatoms. The number of carbonyl (C=O) groups excluding carboxylic acids is 1. The Labute approximate surface area is 190 Å². The fourth-order valence-corrected chi connectivity index (χ4v) is 5.76. The van der Waals surface area contributed by atoms with Crippen LogP contribution in [0.25, 0.3) is 0 Å². The summed E-state index contributed by atoms with van der Waals surface area (Å²) >= 11 is 0. The van der Waals surface area contributed by atoms with E-state index in [2.05, 4.69) is 11.8 Å². The fourth-order valence-electron chi connectivity index (χ4n) is 3.94. The molecule has 1 aromatic rings. The van der Waals surface area contributed by atoms with Gasteiger partial charge in [0.25, 0.3) is 0 Å². The van der Waals surface area contributed by atoms with Gasteiger partial charge < -0.3 is 14.7 Å². The van der Waals surface area contributed by atoms with Crippen LogP contribution in [0, 0.1) is 29.6 Å². The van der Waals surface area contributed by atoms with E-state index in [-0.39, 0.29) is 41.5 Å². The van der Waals surface area contributed by atoms with Gasteiger partial charge in [0.15, 0.2) is 0 Å². The summed E-state index contributed by atoms with van der Waals surface area (Å²) in [6.45, 7) is 3.91. The Kier molecular flexibility index (Phi) is 6.53. The molecule has 0 unspecified atom stereocenters. The lowest BCUT2D eigenvalue weighted by Crippen LogP contribution is -2.50. The van der Waals surface area contributed by atoms with Crippen molar-refractivity contribution < 1.29 is 23.1 Å². The minimum atomic E-state index is -3.87. The lowest BCUT2D eigenvalue weighted by molar-refractivity contribution is -0.132. The molecule has 7 nitrogen and oxygen atoms in total. The Morgan fingerprint density at radius 2 is 2.03 bits per heavy atom. The van der Waals surface area contributed by atoms with Crippen molar-refractivity contribution >= 4 is 15.9 Å². The van der Waals surface area contributed by atoms with Crippen molar-refractivity contribution in [1.29, 1.82) is 0 Å². The van der Waals surface area contributed by atoms with Crippen molar-refractivity contribution in [3.63, 3.8) is 0 Å². The third kappa shape index (κ3) is 4.95. The molecule has 3 atom stereocenters. The second kappa shape index (κ2) is 9.05. The minimum Gasteiger partial charge on any atom is -0.487 e. The Morgan fingerprint density at radius 1 is 1.31 bits per heavy atom. The molecule has 1 amide bonds. The molecule has 2 fully saturated rings. The number of ether oxygens (including phenoxy) is 1. The molecule has 1 aromatic carbocycles. The highest BCUT2D eigenvalue weighted by molar-refractivity contribution is 7.89. The van der Waals surface area contributed by atoms with Gasteiger partial charge in [0, 0.05) is 43.0 Å². The van der Waals surface area contributed by atoms with Crippen LogP contribution < -0.4 is 4.74 Å². The number of rotatable bonds is 5. The van der Waals surface area contributed by atoms with Gasteiger partial charge in [-0.3, -0.25) is 4.79 Å². The summed E-state index contributed by atoms with van der Waals surface area (Å²) in [5.41, 5.74) is 0.710. The maximum absolute atomic E-state index is 13.5. The van der Waals surface area contributed by atoms with E-state index in [1.807, 2.05) is 6.92 Å². The fraction of sp³-hybridized carbons (Fsp3) is 0.625. The van der Waals surface area contributed by atoms with Crippen LogP contribution in [-0.2, 0) is 14.8 Å². The molecule has 1 heterocycles. The molecule has 0 saturated heterocycles. The van der Waals surface area contributed by atoms with E-state index < -0.39 is 22.2 Å². The average Bonchev–Trinajstić information content (AvgIpc) is 3.67. The number of carbonyl (C=O) groups is 1. The van der Waals surface area contributed by atoms with Crippen LogP contribution in [0.2, 0.25) is 0 Å². The molecule has 1 aliphatic heterocycles. The van der Waals surface area contributed by atoms with Crippen LogP contribution >= 0.6 is 0 Å². The predicted octanol–water partition coefficient (Wildman–Crippen LogP) is 2.09. The topological polar surface area (TPSA) is 87.2 Å². The van der Waals surface area contributed by atoms with Crippen LogP contribution in [0.5, 0.6) is 5.75 Å². The van der Waals surface area contributed by atoms with Crippen LogP contribution in [0.4, 0.5) is 0 Å². The highest BCUT2D eigenvalue weighted by Crippen LogP contribution is 2.35. The molecule has 3 aliphatic rings. The monoisotopic (exact) mass is 460 g/mol. The third-order valence-electron chi connectivity index (χ3n) is 6.42. The summed E-state index contributed by atoms with van der Waals surface area (Å²) in [6, 6.07) is 4.37. The predicted molar refractivity (Wildman–Crippen MR) is 120 cm³/mol. The first-order valence-electron chi connectivity index (χ1n) is 11.4. The number of hydrogen-bond donors (Lipinski definition) is 1. The van der Waals surface area contributed by atoms with E-state index in [0.717, 1.165) is 25.7 Å². The van der Waals surface area contributed by atoms with Crippen LogP contribution in [0.15, 0.2) is 23.1 Å². The molecule has 2 saturated carbocycles. The second-order valence-electron chi connectivity index (χ2n) is 9.44. The number of aliphatic hydroxyl groups excluding tert-OH is 1. The summed E-state index contributed by atoms with van der Waals surface area (Å²) in [4.78, 5) is 14.3. The largest absolute Gasteiger partial charge is 0.487 e. The van der Waals surface area contributed by atoms with Crippen molar-refractivity contribution in [3.8, 4) is 17.6 Å². The first-order valence-corrected chi connectivity index (χ1v) is 12.8. The van der Waals surface area contributed by atoms with Gasteiger partial charge in [-0.05, 0) is 50.8 Å². The van der Waals surface area contributed by atoms with Gasteiger partial charge in [-0.1, -0.05) is 18.8 Å². The zero-order valence-electron chi connectivity index (χ0n) is 19.0. The van der Waals surface area contributed by atoms with E-state index >= 15 is 0 Å².